The van der Waals surface area contributed by atoms with Gasteiger partial charge < -0.3 is 4.74 Å². The topological polar surface area (TPSA) is 29.5 Å². The van der Waals surface area contributed by atoms with Gasteiger partial charge in [-0.1, -0.05) is 20.3 Å². The minimum atomic E-state index is -0.494. The van der Waals surface area contributed by atoms with Crippen LogP contribution in [0.1, 0.15) is 50.4 Å². The van der Waals surface area contributed by atoms with Crippen molar-refractivity contribution in [3.8, 4) is 5.75 Å². The lowest BCUT2D eigenvalue weighted by Crippen LogP contribution is -2.37. The number of carbonyl (C=O) groups is 1. The number of methoxy groups -OCH3 is 1. The number of halogens is 1. The number of ketones is 1. The molecule has 118 valence electrons. The number of ether oxygens (including phenoxy) is 1. The second kappa shape index (κ2) is 8.78. The van der Waals surface area contributed by atoms with Crippen molar-refractivity contribution in [3.05, 3.63) is 29.6 Å². The largest absolute Gasteiger partial charge is 0.494 e. The van der Waals surface area contributed by atoms with Gasteiger partial charge in [0.05, 0.1) is 13.7 Å². The molecule has 0 saturated heterocycles. The molecule has 0 N–H and O–H groups in total. The minimum Gasteiger partial charge on any atom is -0.494 e. The lowest BCUT2D eigenvalue weighted by molar-refractivity contribution is 0.0894. The number of benzene rings is 1. The molecule has 3 nitrogen and oxygen atoms in total. The summed E-state index contributed by atoms with van der Waals surface area (Å²) in [4.78, 5) is 14.5. The second-order valence-electron chi connectivity index (χ2n) is 5.35. The van der Waals surface area contributed by atoms with Gasteiger partial charge in [0.25, 0.3) is 0 Å². The van der Waals surface area contributed by atoms with Crippen molar-refractivity contribution in [3.63, 3.8) is 0 Å². The Morgan fingerprint density at radius 1 is 1.38 bits per heavy atom. The van der Waals surface area contributed by atoms with Gasteiger partial charge in [0.15, 0.2) is 17.3 Å². The number of hydrogen-bond donors (Lipinski definition) is 0. The third kappa shape index (κ3) is 5.12. The highest BCUT2D eigenvalue weighted by molar-refractivity contribution is 5.97. The van der Waals surface area contributed by atoms with Crippen molar-refractivity contribution >= 4 is 5.78 Å². The van der Waals surface area contributed by atoms with E-state index in [9.17, 15) is 9.18 Å². The highest BCUT2D eigenvalue weighted by Crippen LogP contribution is 2.18. The van der Waals surface area contributed by atoms with Crippen molar-refractivity contribution < 1.29 is 13.9 Å². The zero-order valence-corrected chi connectivity index (χ0v) is 13.5. The molecule has 1 aromatic rings. The lowest BCUT2D eigenvalue weighted by Gasteiger charge is -2.27. The molecular formula is C17H26FNO2. The standard InChI is InChI=1S/C17H26FNO2/c1-5-7-10-19(13(3)6-2)12-16(20)14-8-9-17(21-4)15(18)11-14/h8-9,11,13H,5-7,10,12H2,1-4H3. The molecule has 0 spiro atoms. The fraction of sp³-hybridized carbons (Fsp3) is 0.588. The molecule has 0 radical (unpaired) electrons. The van der Waals surface area contributed by atoms with Gasteiger partial charge in [-0.3, -0.25) is 9.69 Å². The summed E-state index contributed by atoms with van der Waals surface area (Å²) in [5.41, 5.74) is 0.401. The van der Waals surface area contributed by atoms with Crippen LogP contribution >= 0.6 is 0 Å². The van der Waals surface area contributed by atoms with Crippen molar-refractivity contribution in [2.75, 3.05) is 20.2 Å². The summed E-state index contributed by atoms with van der Waals surface area (Å²) < 4.78 is 18.6. The summed E-state index contributed by atoms with van der Waals surface area (Å²) in [6.45, 7) is 7.60. The molecule has 0 aliphatic rings. The molecule has 0 fully saturated rings. The fourth-order valence-electron chi connectivity index (χ4n) is 2.19. The molecule has 1 aromatic carbocycles. The van der Waals surface area contributed by atoms with E-state index in [4.69, 9.17) is 4.74 Å². The zero-order chi connectivity index (χ0) is 15.8. The first kappa shape index (κ1) is 17.6. The third-order valence-corrected chi connectivity index (χ3v) is 3.83. The third-order valence-electron chi connectivity index (χ3n) is 3.83. The number of unbranched alkanes of at least 4 members (excludes halogenated alkanes) is 1. The SMILES string of the molecule is CCCCN(CC(=O)c1ccc(OC)c(F)c1)C(C)CC. The Bertz CT molecular complexity index is 462. The van der Waals surface area contributed by atoms with Gasteiger partial charge >= 0.3 is 0 Å². The Balaban J connectivity index is 2.78. The highest BCUT2D eigenvalue weighted by Gasteiger charge is 2.17. The maximum Gasteiger partial charge on any atom is 0.176 e. The van der Waals surface area contributed by atoms with Crippen LogP contribution in [0.5, 0.6) is 5.75 Å². The first-order valence-corrected chi connectivity index (χ1v) is 7.64. The molecule has 1 rings (SSSR count). The maximum atomic E-state index is 13.7. The summed E-state index contributed by atoms with van der Waals surface area (Å²) >= 11 is 0. The van der Waals surface area contributed by atoms with Crippen LogP contribution in [0.25, 0.3) is 0 Å². The van der Waals surface area contributed by atoms with E-state index in [0.717, 1.165) is 25.8 Å². The average Bonchev–Trinajstić information content (AvgIpc) is 2.50. The summed E-state index contributed by atoms with van der Waals surface area (Å²) in [6.07, 6.45) is 3.15. The Morgan fingerprint density at radius 3 is 2.62 bits per heavy atom. The Labute approximate surface area is 127 Å². The van der Waals surface area contributed by atoms with E-state index < -0.39 is 5.82 Å². The van der Waals surface area contributed by atoms with Crippen LogP contribution in [0.3, 0.4) is 0 Å². The lowest BCUT2D eigenvalue weighted by atomic mass is 10.1. The van der Waals surface area contributed by atoms with Gasteiger partial charge in [-0.05, 0) is 44.5 Å². The smallest absolute Gasteiger partial charge is 0.176 e. The van der Waals surface area contributed by atoms with Crippen LogP contribution < -0.4 is 4.74 Å². The van der Waals surface area contributed by atoms with E-state index in [2.05, 4.69) is 25.7 Å². The van der Waals surface area contributed by atoms with E-state index in [0.29, 0.717) is 18.2 Å². The highest BCUT2D eigenvalue weighted by atomic mass is 19.1. The Kier molecular flexibility index (Phi) is 7.37. The average molecular weight is 295 g/mol. The number of Topliss-reactive ketones (excluding diaryl/α,β-unsaturated/α-hetero) is 1. The van der Waals surface area contributed by atoms with Crippen LogP contribution in [-0.4, -0.2) is 36.9 Å². The van der Waals surface area contributed by atoms with Gasteiger partial charge in [-0.25, -0.2) is 4.39 Å². The van der Waals surface area contributed by atoms with E-state index in [-0.39, 0.29) is 11.5 Å². The number of nitrogens with zero attached hydrogens (tertiary/aromatic N) is 1. The molecule has 0 saturated carbocycles. The van der Waals surface area contributed by atoms with Crippen molar-refractivity contribution in [1.82, 2.24) is 4.90 Å². The zero-order valence-electron chi connectivity index (χ0n) is 13.5. The first-order valence-electron chi connectivity index (χ1n) is 7.64. The van der Waals surface area contributed by atoms with Crippen LogP contribution in [0, 0.1) is 5.82 Å². The predicted octanol–water partition coefficient (Wildman–Crippen LogP) is 3.92. The molecule has 4 heteroatoms. The predicted molar refractivity (Wildman–Crippen MR) is 83.5 cm³/mol. The minimum absolute atomic E-state index is 0.0482. The molecular weight excluding hydrogens is 269 g/mol. The van der Waals surface area contributed by atoms with Gasteiger partial charge in [0.1, 0.15) is 0 Å². The summed E-state index contributed by atoms with van der Waals surface area (Å²) in [5.74, 6) is -0.378. The Hall–Kier alpha value is -1.42. The summed E-state index contributed by atoms with van der Waals surface area (Å²) in [6, 6.07) is 4.74. The number of carbonyl (C=O) groups excluding carboxylic acids is 1. The van der Waals surface area contributed by atoms with Crippen LogP contribution in [0.15, 0.2) is 18.2 Å². The van der Waals surface area contributed by atoms with E-state index in [1.54, 1.807) is 6.07 Å². The molecule has 0 bridgehead atoms. The monoisotopic (exact) mass is 295 g/mol. The van der Waals surface area contributed by atoms with Gasteiger partial charge in [-0.2, -0.15) is 0 Å². The van der Waals surface area contributed by atoms with Gasteiger partial charge in [-0.15, -0.1) is 0 Å². The van der Waals surface area contributed by atoms with Crippen LogP contribution in [0.4, 0.5) is 4.39 Å². The molecule has 21 heavy (non-hydrogen) atoms. The first-order chi connectivity index (χ1) is 10.0. The number of hydrogen-bond acceptors (Lipinski definition) is 3. The van der Waals surface area contributed by atoms with Gasteiger partial charge in [0.2, 0.25) is 0 Å². The maximum absolute atomic E-state index is 13.7. The quantitative estimate of drug-likeness (QED) is 0.647. The van der Waals surface area contributed by atoms with Crippen molar-refractivity contribution in [1.29, 1.82) is 0 Å². The molecule has 0 amide bonds. The van der Waals surface area contributed by atoms with E-state index in [1.165, 1.54) is 19.2 Å². The molecule has 0 aliphatic heterocycles. The van der Waals surface area contributed by atoms with Crippen molar-refractivity contribution in [2.24, 2.45) is 0 Å². The fourth-order valence-corrected chi connectivity index (χ4v) is 2.19. The normalized spacial score (nSPS) is 12.5. The molecule has 0 aliphatic carbocycles. The van der Waals surface area contributed by atoms with E-state index >= 15 is 0 Å². The summed E-state index contributed by atoms with van der Waals surface area (Å²) in [5, 5.41) is 0. The van der Waals surface area contributed by atoms with Crippen LogP contribution in [0.2, 0.25) is 0 Å². The summed E-state index contributed by atoms with van der Waals surface area (Å²) in [7, 11) is 1.41. The molecule has 0 heterocycles. The van der Waals surface area contributed by atoms with Crippen molar-refractivity contribution in [2.45, 2.75) is 46.1 Å². The van der Waals surface area contributed by atoms with Gasteiger partial charge in [0, 0.05) is 11.6 Å². The van der Waals surface area contributed by atoms with Crippen LogP contribution in [-0.2, 0) is 0 Å². The van der Waals surface area contributed by atoms with E-state index in [1.807, 2.05) is 0 Å². The molecule has 1 atom stereocenters. The number of rotatable bonds is 9. The molecule has 1 unspecified atom stereocenters. The second-order valence-corrected chi connectivity index (χ2v) is 5.35. The molecule has 0 aromatic heterocycles. The Morgan fingerprint density at radius 2 is 2.10 bits per heavy atom.